The second-order valence-corrected chi connectivity index (χ2v) is 2.88. The third-order valence-electron chi connectivity index (χ3n) is 1.87. The molecule has 0 aliphatic carbocycles. The molecule has 0 fully saturated rings. The Bertz CT molecular complexity index is 468. The molecule has 0 radical (unpaired) electrons. The topological polar surface area (TPSA) is 58.9 Å². The van der Waals surface area contributed by atoms with E-state index in [1.54, 1.807) is 6.20 Å². The molecule has 0 amide bonds. The molecule has 2 rings (SSSR count). The molecule has 0 saturated carbocycles. The molecule has 1 N–H and O–H groups in total. The molecular formula is C11H9N3O. The molecule has 1 aromatic heterocycles. The van der Waals surface area contributed by atoms with E-state index in [-0.39, 0.29) is 0 Å². The SMILES string of the molecule is OC=Cc1nncc(-c2ccccc2)n1. The summed E-state index contributed by atoms with van der Waals surface area (Å²) < 4.78 is 0. The lowest BCUT2D eigenvalue weighted by molar-refractivity contribution is 0.477. The van der Waals surface area contributed by atoms with Crippen LogP contribution in [0.3, 0.4) is 0 Å². The van der Waals surface area contributed by atoms with Crippen molar-refractivity contribution in [2.24, 2.45) is 0 Å². The number of hydrogen-bond acceptors (Lipinski definition) is 4. The van der Waals surface area contributed by atoms with Crippen LogP contribution < -0.4 is 0 Å². The third-order valence-corrected chi connectivity index (χ3v) is 1.87. The lowest BCUT2D eigenvalue weighted by Gasteiger charge is -1.99. The smallest absolute Gasteiger partial charge is 0.178 e. The Kier molecular flexibility index (Phi) is 2.69. The summed E-state index contributed by atoms with van der Waals surface area (Å²) in [5.74, 6) is 0.388. The minimum Gasteiger partial charge on any atom is -0.515 e. The second kappa shape index (κ2) is 4.32. The normalized spacial score (nSPS) is 10.7. The molecule has 2 aromatic rings. The highest BCUT2D eigenvalue weighted by atomic mass is 16.2. The van der Waals surface area contributed by atoms with Crippen LogP contribution >= 0.6 is 0 Å². The number of nitrogens with zero attached hydrogens (tertiary/aromatic N) is 3. The number of benzene rings is 1. The molecule has 15 heavy (non-hydrogen) atoms. The summed E-state index contributed by atoms with van der Waals surface area (Å²) in [5.41, 5.74) is 1.71. The monoisotopic (exact) mass is 199 g/mol. The molecule has 0 unspecified atom stereocenters. The predicted octanol–water partition coefficient (Wildman–Crippen LogP) is 2.07. The molecule has 1 aromatic carbocycles. The molecule has 4 nitrogen and oxygen atoms in total. The van der Waals surface area contributed by atoms with Crippen LogP contribution in [0.2, 0.25) is 0 Å². The van der Waals surface area contributed by atoms with Crippen LogP contribution in [0, 0.1) is 0 Å². The molecule has 0 atom stereocenters. The average molecular weight is 199 g/mol. The Hall–Kier alpha value is -2.23. The van der Waals surface area contributed by atoms with Gasteiger partial charge in [0.2, 0.25) is 0 Å². The van der Waals surface area contributed by atoms with Crippen molar-refractivity contribution >= 4 is 6.08 Å². The molecule has 0 spiro atoms. The largest absolute Gasteiger partial charge is 0.515 e. The Morgan fingerprint density at radius 2 is 1.93 bits per heavy atom. The molecule has 0 saturated heterocycles. The average Bonchev–Trinajstić information content (AvgIpc) is 2.31. The highest BCUT2D eigenvalue weighted by molar-refractivity contribution is 5.58. The maximum Gasteiger partial charge on any atom is 0.178 e. The van der Waals surface area contributed by atoms with E-state index in [0.717, 1.165) is 17.5 Å². The number of hydrogen-bond donors (Lipinski definition) is 1. The first-order valence-corrected chi connectivity index (χ1v) is 4.46. The van der Waals surface area contributed by atoms with E-state index in [0.29, 0.717) is 5.82 Å². The Labute approximate surface area is 87.0 Å². The van der Waals surface area contributed by atoms with E-state index in [2.05, 4.69) is 15.2 Å². The summed E-state index contributed by atoms with van der Waals surface area (Å²) >= 11 is 0. The van der Waals surface area contributed by atoms with Gasteiger partial charge < -0.3 is 5.11 Å². The van der Waals surface area contributed by atoms with Crippen molar-refractivity contribution in [1.82, 2.24) is 15.2 Å². The van der Waals surface area contributed by atoms with Crippen LogP contribution in [-0.2, 0) is 0 Å². The van der Waals surface area contributed by atoms with Gasteiger partial charge in [-0.05, 0) is 0 Å². The second-order valence-electron chi connectivity index (χ2n) is 2.88. The van der Waals surface area contributed by atoms with Gasteiger partial charge in [-0.25, -0.2) is 4.98 Å². The fourth-order valence-corrected chi connectivity index (χ4v) is 1.20. The zero-order valence-corrected chi connectivity index (χ0v) is 7.91. The van der Waals surface area contributed by atoms with E-state index >= 15 is 0 Å². The van der Waals surface area contributed by atoms with Crippen molar-refractivity contribution in [1.29, 1.82) is 0 Å². The van der Waals surface area contributed by atoms with Crippen LogP contribution in [0.4, 0.5) is 0 Å². The maximum atomic E-state index is 8.59. The molecule has 4 heteroatoms. The van der Waals surface area contributed by atoms with Gasteiger partial charge in [0, 0.05) is 11.6 Å². The summed E-state index contributed by atoms with van der Waals surface area (Å²) in [4.78, 5) is 4.21. The van der Waals surface area contributed by atoms with Gasteiger partial charge in [0.05, 0.1) is 18.2 Å². The van der Waals surface area contributed by atoms with E-state index in [1.807, 2.05) is 30.3 Å². The van der Waals surface area contributed by atoms with E-state index in [4.69, 9.17) is 5.11 Å². The highest BCUT2D eigenvalue weighted by Gasteiger charge is 1.99. The summed E-state index contributed by atoms with van der Waals surface area (Å²) in [7, 11) is 0. The van der Waals surface area contributed by atoms with Gasteiger partial charge in [0.25, 0.3) is 0 Å². The summed E-state index contributed by atoms with van der Waals surface area (Å²) in [6, 6.07) is 9.68. The Balaban J connectivity index is 2.41. The van der Waals surface area contributed by atoms with Crippen molar-refractivity contribution in [3.63, 3.8) is 0 Å². The van der Waals surface area contributed by atoms with Gasteiger partial charge in [0.1, 0.15) is 0 Å². The van der Waals surface area contributed by atoms with E-state index < -0.39 is 0 Å². The van der Waals surface area contributed by atoms with Crippen molar-refractivity contribution in [2.45, 2.75) is 0 Å². The summed E-state index contributed by atoms with van der Waals surface area (Å²) in [6.07, 6.45) is 3.87. The summed E-state index contributed by atoms with van der Waals surface area (Å²) in [6.45, 7) is 0. The van der Waals surface area contributed by atoms with Crippen molar-refractivity contribution in [2.75, 3.05) is 0 Å². The zero-order valence-electron chi connectivity index (χ0n) is 7.91. The fourth-order valence-electron chi connectivity index (χ4n) is 1.20. The molecule has 74 valence electrons. The van der Waals surface area contributed by atoms with Gasteiger partial charge in [0.15, 0.2) is 5.82 Å². The molecular weight excluding hydrogens is 190 g/mol. The fraction of sp³-hybridized carbons (Fsp3) is 0. The van der Waals surface area contributed by atoms with Crippen LogP contribution in [0.15, 0.2) is 42.8 Å². The lowest BCUT2D eigenvalue weighted by atomic mass is 10.2. The van der Waals surface area contributed by atoms with Crippen molar-refractivity contribution in [3.05, 3.63) is 48.6 Å². The van der Waals surface area contributed by atoms with Gasteiger partial charge in [-0.1, -0.05) is 30.3 Å². The van der Waals surface area contributed by atoms with Gasteiger partial charge in [-0.15, -0.1) is 5.10 Å². The van der Waals surface area contributed by atoms with Gasteiger partial charge in [-0.2, -0.15) is 5.10 Å². The van der Waals surface area contributed by atoms with Crippen molar-refractivity contribution < 1.29 is 5.11 Å². The maximum absolute atomic E-state index is 8.59. The van der Waals surface area contributed by atoms with E-state index in [1.165, 1.54) is 6.08 Å². The first-order chi connectivity index (χ1) is 7.40. The Morgan fingerprint density at radius 1 is 1.13 bits per heavy atom. The van der Waals surface area contributed by atoms with Crippen LogP contribution in [0.5, 0.6) is 0 Å². The minimum absolute atomic E-state index is 0.388. The number of rotatable bonds is 2. The zero-order chi connectivity index (χ0) is 10.5. The first kappa shape index (κ1) is 9.33. The van der Waals surface area contributed by atoms with Crippen LogP contribution in [0.25, 0.3) is 17.3 Å². The van der Waals surface area contributed by atoms with Gasteiger partial charge >= 0.3 is 0 Å². The first-order valence-electron chi connectivity index (χ1n) is 4.46. The van der Waals surface area contributed by atoms with Crippen molar-refractivity contribution in [3.8, 4) is 11.3 Å². The lowest BCUT2D eigenvalue weighted by Crippen LogP contribution is -1.93. The number of aromatic nitrogens is 3. The standard InChI is InChI=1S/C11H9N3O/c15-7-6-11-13-10(8-12-14-11)9-4-2-1-3-5-9/h1-8,15H. The van der Waals surface area contributed by atoms with Crippen LogP contribution in [0.1, 0.15) is 5.82 Å². The van der Waals surface area contributed by atoms with Gasteiger partial charge in [-0.3, -0.25) is 0 Å². The Morgan fingerprint density at radius 3 is 2.67 bits per heavy atom. The minimum atomic E-state index is 0.388. The third kappa shape index (κ3) is 2.17. The van der Waals surface area contributed by atoms with Crippen LogP contribution in [-0.4, -0.2) is 20.3 Å². The predicted molar refractivity (Wildman–Crippen MR) is 56.9 cm³/mol. The molecule has 0 bridgehead atoms. The quantitative estimate of drug-likeness (QED) is 0.752. The number of aliphatic hydroxyl groups excluding tert-OH is 1. The summed E-state index contributed by atoms with van der Waals surface area (Å²) in [5, 5.41) is 16.1. The number of aliphatic hydroxyl groups is 1. The molecule has 1 heterocycles. The molecule has 0 aliphatic heterocycles. The van der Waals surface area contributed by atoms with E-state index in [9.17, 15) is 0 Å². The highest BCUT2D eigenvalue weighted by Crippen LogP contribution is 2.14. The molecule has 0 aliphatic rings.